The summed E-state index contributed by atoms with van der Waals surface area (Å²) < 4.78 is 10.6. The number of carbonyl (C=O) groups is 1. The smallest absolute Gasteiger partial charge is 0.353 e. The van der Waals surface area contributed by atoms with E-state index in [-0.39, 0.29) is 6.61 Å². The number of esters is 1. The normalized spacial score (nSPS) is 18.3. The Labute approximate surface area is 158 Å². The van der Waals surface area contributed by atoms with Gasteiger partial charge in [-0.2, -0.15) is 5.26 Å². The molecule has 0 spiro atoms. The minimum absolute atomic E-state index is 0.240. The van der Waals surface area contributed by atoms with Gasteiger partial charge in [-0.1, -0.05) is 47.6 Å². The van der Waals surface area contributed by atoms with E-state index in [9.17, 15) is 4.79 Å². The van der Waals surface area contributed by atoms with Gasteiger partial charge in [-0.3, -0.25) is 0 Å². The zero-order chi connectivity index (χ0) is 19.1. The van der Waals surface area contributed by atoms with Crippen molar-refractivity contribution in [2.75, 3.05) is 13.7 Å². The molecule has 1 heterocycles. The molecule has 0 aliphatic carbocycles. The van der Waals surface area contributed by atoms with Crippen LogP contribution in [-0.2, 0) is 32.1 Å². The molecule has 0 fully saturated rings. The van der Waals surface area contributed by atoms with Crippen LogP contribution in [0.1, 0.15) is 23.1 Å². The van der Waals surface area contributed by atoms with E-state index in [0.29, 0.717) is 30.7 Å². The molecular weight excluding hydrogens is 344 g/mol. The minimum Gasteiger partial charge on any atom is -0.466 e. The van der Waals surface area contributed by atoms with Crippen LogP contribution in [-0.4, -0.2) is 31.0 Å². The predicted molar refractivity (Wildman–Crippen MR) is 98.8 cm³/mol. The summed E-state index contributed by atoms with van der Waals surface area (Å²) in [4.78, 5) is 17.9. The van der Waals surface area contributed by atoms with Crippen molar-refractivity contribution in [1.29, 1.82) is 5.26 Å². The highest BCUT2D eigenvalue weighted by atomic mass is 16.7. The summed E-state index contributed by atoms with van der Waals surface area (Å²) in [6.45, 7) is 0.586. The molecule has 1 aliphatic heterocycles. The monoisotopic (exact) mass is 364 g/mol. The standard InChI is InChI=1S/C21H20N2O4/c1-25-20(24)21(11-16-6-3-2-4-7-16)12-19(23-27-21)15-26-14-18-9-5-8-17(10-18)13-22/h2-10H,11-12,14-15H2,1H3. The number of ether oxygens (including phenoxy) is 2. The SMILES string of the molecule is COC(=O)C1(Cc2ccccc2)CC(COCc2cccc(C#N)c2)=NO1. The first kappa shape index (κ1) is 18.6. The highest BCUT2D eigenvalue weighted by Gasteiger charge is 2.47. The molecule has 6 heteroatoms. The zero-order valence-corrected chi connectivity index (χ0v) is 15.1. The summed E-state index contributed by atoms with van der Waals surface area (Å²) in [5, 5.41) is 13.0. The molecular formula is C21H20N2O4. The van der Waals surface area contributed by atoms with E-state index in [1.165, 1.54) is 7.11 Å². The molecule has 27 heavy (non-hydrogen) atoms. The first-order chi connectivity index (χ1) is 13.1. The van der Waals surface area contributed by atoms with E-state index in [4.69, 9.17) is 19.6 Å². The molecule has 0 amide bonds. The maximum atomic E-state index is 12.4. The van der Waals surface area contributed by atoms with Crippen molar-refractivity contribution in [3.8, 4) is 6.07 Å². The summed E-state index contributed by atoms with van der Waals surface area (Å²) in [7, 11) is 1.34. The van der Waals surface area contributed by atoms with Gasteiger partial charge in [0.15, 0.2) is 0 Å². The number of nitrogens with zero attached hydrogens (tertiary/aromatic N) is 2. The van der Waals surface area contributed by atoms with Gasteiger partial charge < -0.3 is 14.3 Å². The Kier molecular flexibility index (Phi) is 5.84. The summed E-state index contributed by atoms with van der Waals surface area (Å²) in [5.74, 6) is -0.452. The van der Waals surface area contributed by atoms with Gasteiger partial charge in [-0.15, -0.1) is 0 Å². The maximum absolute atomic E-state index is 12.4. The molecule has 2 aromatic carbocycles. The second kappa shape index (κ2) is 8.47. The van der Waals surface area contributed by atoms with Crippen LogP contribution in [0.25, 0.3) is 0 Å². The van der Waals surface area contributed by atoms with E-state index in [0.717, 1.165) is 11.1 Å². The lowest BCUT2D eigenvalue weighted by Crippen LogP contribution is -2.42. The quantitative estimate of drug-likeness (QED) is 0.706. The van der Waals surface area contributed by atoms with Crippen LogP contribution in [0.4, 0.5) is 0 Å². The Hall–Kier alpha value is -3.17. The van der Waals surface area contributed by atoms with Crippen LogP contribution in [0.3, 0.4) is 0 Å². The van der Waals surface area contributed by atoms with Crippen LogP contribution >= 0.6 is 0 Å². The topological polar surface area (TPSA) is 80.9 Å². The third kappa shape index (κ3) is 4.52. The molecule has 2 aromatic rings. The average Bonchev–Trinajstić information content (AvgIpc) is 3.12. The molecule has 1 atom stereocenters. The summed E-state index contributed by atoms with van der Waals surface area (Å²) in [5.41, 5.74) is 1.94. The van der Waals surface area contributed by atoms with Crippen molar-refractivity contribution in [2.45, 2.75) is 25.0 Å². The van der Waals surface area contributed by atoms with Gasteiger partial charge in [0.2, 0.25) is 5.60 Å². The van der Waals surface area contributed by atoms with E-state index >= 15 is 0 Å². The average molecular weight is 364 g/mol. The summed E-state index contributed by atoms with van der Waals surface area (Å²) in [6, 6.07) is 18.9. The van der Waals surface area contributed by atoms with Crippen LogP contribution in [0, 0.1) is 11.3 Å². The Bertz CT molecular complexity index is 873. The van der Waals surface area contributed by atoms with Crippen LogP contribution in [0.2, 0.25) is 0 Å². The molecule has 0 saturated carbocycles. The molecule has 0 radical (unpaired) electrons. The van der Waals surface area contributed by atoms with E-state index in [1.807, 2.05) is 42.5 Å². The summed E-state index contributed by atoms with van der Waals surface area (Å²) in [6.07, 6.45) is 0.685. The van der Waals surface area contributed by atoms with Crippen molar-refractivity contribution in [3.05, 3.63) is 71.3 Å². The lowest BCUT2D eigenvalue weighted by molar-refractivity contribution is -0.166. The largest absolute Gasteiger partial charge is 0.466 e. The lowest BCUT2D eigenvalue weighted by atomic mass is 9.90. The molecule has 138 valence electrons. The number of hydrogen-bond acceptors (Lipinski definition) is 6. The van der Waals surface area contributed by atoms with E-state index in [1.54, 1.807) is 12.1 Å². The first-order valence-electron chi connectivity index (χ1n) is 8.58. The second-order valence-electron chi connectivity index (χ2n) is 6.38. The van der Waals surface area contributed by atoms with Gasteiger partial charge in [-0.05, 0) is 23.3 Å². The Morgan fingerprint density at radius 2 is 1.96 bits per heavy atom. The van der Waals surface area contributed by atoms with E-state index in [2.05, 4.69) is 11.2 Å². The van der Waals surface area contributed by atoms with Gasteiger partial charge in [0.1, 0.15) is 0 Å². The Morgan fingerprint density at radius 3 is 2.70 bits per heavy atom. The van der Waals surface area contributed by atoms with E-state index < -0.39 is 11.6 Å². The van der Waals surface area contributed by atoms with Gasteiger partial charge in [0, 0.05) is 12.8 Å². The highest BCUT2D eigenvalue weighted by molar-refractivity contribution is 5.94. The molecule has 1 unspecified atom stereocenters. The van der Waals surface area contributed by atoms with Gasteiger partial charge in [-0.25, -0.2) is 4.79 Å². The second-order valence-corrected chi connectivity index (χ2v) is 6.38. The zero-order valence-electron chi connectivity index (χ0n) is 15.1. The van der Waals surface area contributed by atoms with Crippen molar-refractivity contribution in [3.63, 3.8) is 0 Å². The number of methoxy groups -OCH3 is 1. The molecule has 3 rings (SSSR count). The molecule has 0 aromatic heterocycles. The van der Waals surface area contributed by atoms with Gasteiger partial charge in [0.05, 0.1) is 37.7 Å². The predicted octanol–water partition coefficient (Wildman–Crippen LogP) is 3.01. The number of hydrogen-bond donors (Lipinski definition) is 0. The minimum atomic E-state index is -1.16. The number of rotatable bonds is 7. The fraction of sp³-hybridized carbons (Fsp3) is 0.286. The van der Waals surface area contributed by atoms with Gasteiger partial charge in [0.25, 0.3) is 0 Å². The lowest BCUT2D eigenvalue weighted by Gasteiger charge is -2.23. The van der Waals surface area contributed by atoms with Crippen molar-refractivity contribution in [1.82, 2.24) is 0 Å². The van der Waals surface area contributed by atoms with Crippen LogP contribution < -0.4 is 0 Å². The molecule has 0 N–H and O–H groups in total. The fourth-order valence-electron chi connectivity index (χ4n) is 3.03. The Morgan fingerprint density at radius 1 is 1.19 bits per heavy atom. The third-order valence-electron chi connectivity index (χ3n) is 4.32. The maximum Gasteiger partial charge on any atom is 0.353 e. The van der Waals surface area contributed by atoms with Crippen molar-refractivity contribution in [2.24, 2.45) is 5.16 Å². The molecule has 0 bridgehead atoms. The Balaban J connectivity index is 1.60. The van der Waals surface area contributed by atoms with Crippen molar-refractivity contribution < 1.29 is 19.1 Å². The van der Waals surface area contributed by atoms with Gasteiger partial charge >= 0.3 is 5.97 Å². The number of benzene rings is 2. The highest BCUT2D eigenvalue weighted by Crippen LogP contribution is 2.30. The van der Waals surface area contributed by atoms with Crippen LogP contribution in [0.5, 0.6) is 0 Å². The first-order valence-corrected chi connectivity index (χ1v) is 8.58. The number of carbonyl (C=O) groups excluding carboxylic acids is 1. The van der Waals surface area contributed by atoms with Crippen LogP contribution in [0.15, 0.2) is 59.8 Å². The van der Waals surface area contributed by atoms with Crippen molar-refractivity contribution >= 4 is 11.7 Å². The third-order valence-corrected chi connectivity index (χ3v) is 4.32. The number of oxime groups is 1. The number of nitriles is 1. The molecule has 1 aliphatic rings. The molecule has 0 saturated heterocycles. The molecule has 6 nitrogen and oxygen atoms in total. The summed E-state index contributed by atoms with van der Waals surface area (Å²) >= 11 is 0. The fourth-order valence-corrected chi connectivity index (χ4v) is 3.03.